The summed E-state index contributed by atoms with van der Waals surface area (Å²) in [7, 11) is 0. The molecule has 0 spiro atoms. The van der Waals surface area contributed by atoms with Gasteiger partial charge in [-0.2, -0.15) is 30.7 Å². The minimum Gasteiger partial charge on any atom is -0.216 e. The van der Waals surface area contributed by atoms with E-state index in [4.69, 9.17) is 0 Å². The largest absolute Gasteiger partial charge is 0.436 e. The Balaban J connectivity index is 0. The summed E-state index contributed by atoms with van der Waals surface area (Å²) in [6.07, 6.45) is -4.96. The molecule has 0 fully saturated rings. The van der Waals surface area contributed by atoms with Crippen molar-refractivity contribution in [3.05, 3.63) is 0 Å². The second kappa shape index (κ2) is 5.12. The predicted molar refractivity (Wildman–Crippen MR) is 42.8 cm³/mol. The van der Waals surface area contributed by atoms with Gasteiger partial charge >= 0.3 is 17.5 Å². The Hall–Kier alpha value is 0.0200. The molecular formula is C6H6Cl2F8. The number of hydrogen-bond donors (Lipinski definition) is 0. The smallest absolute Gasteiger partial charge is 0.216 e. The standard InChI is InChI=1S/2C3H3ClF4/c1-2(5,6)3(4,7)8;1-2(4,5)3(6,7)8/h2*1H3. The van der Waals surface area contributed by atoms with Crippen LogP contribution in [0, 0.1) is 0 Å². The fourth-order valence-electron chi connectivity index (χ4n) is 0. The van der Waals surface area contributed by atoms with Crippen molar-refractivity contribution in [2.75, 3.05) is 0 Å². The summed E-state index contributed by atoms with van der Waals surface area (Å²) in [4.78, 5) is 0. The van der Waals surface area contributed by atoms with E-state index in [1.165, 1.54) is 0 Å². The molecule has 0 aromatic heterocycles. The van der Waals surface area contributed by atoms with E-state index in [0.29, 0.717) is 0 Å². The molecule has 10 heteroatoms. The molecule has 0 nitrogen and oxygen atoms in total. The molecule has 0 aromatic rings. The lowest BCUT2D eigenvalue weighted by atomic mass is 10.4. The Bertz CT molecular complexity index is 157. The van der Waals surface area contributed by atoms with Gasteiger partial charge in [0, 0.05) is 6.92 Å². The molecule has 1 unspecified atom stereocenters. The minimum atomic E-state index is -4.96. The second-order valence-electron chi connectivity index (χ2n) is 2.77. The molecular weight excluding hydrogens is 295 g/mol. The molecule has 0 N–H and O–H groups in total. The summed E-state index contributed by atoms with van der Waals surface area (Å²) in [5, 5.41) is -8.01. The highest BCUT2D eigenvalue weighted by molar-refractivity contribution is 6.23. The molecule has 0 aliphatic carbocycles. The molecule has 0 heterocycles. The third kappa shape index (κ3) is 7.32. The normalized spacial score (nSPS) is 17.2. The summed E-state index contributed by atoms with van der Waals surface area (Å²) in [5.74, 6) is -4.13. The maximum absolute atomic E-state index is 11.5. The zero-order valence-electron chi connectivity index (χ0n) is 7.78. The Morgan fingerprint density at radius 3 is 0.812 bits per heavy atom. The van der Waals surface area contributed by atoms with Crippen LogP contribution in [0.25, 0.3) is 0 Å². The minimum absolute atomic E-state index is 0.0556. The highest BCUT2D eigenvalue weighted by Crippen LogP contribution is 2.37. The Kier molecular flexibility index (Phi) is 5.88. The lowest BCUT2D eigenvalue weighted by Gasteiger charge is -2.14. The molecule has 0 aliphatic rings. The fourth-order valence-corrected chi connectivity index (χ4v) is 0. The molecule has 0 radical (unpaired) electrons. The van der Waals surface area contributed by atoms with Crippen LogP contribution < -0.4 is 0 Å². The first-order chi connectivity index (χ1) is 6.50. The van der Waals surface area contributed by atoms with Crippen molar-refractivity contribution in [1.29, 1.82) is 0 Å². The van der Waals surface area contributed by atoms with Crippen LogP contribution in [0.15, 0.2) is 0 Å². The first-order valence-corrected chi connectivity index (χ1v) is 4.15. The van der Waals surface area contributed by atoms with Gasteiger partial charge in [0.1, 0.15) is 0 Å². The van der Waals surface area contributed by atoms with Crippen molar-refractivity contribution in [3.63, 3.8) is 0 Å². The van der Waals surface area contributed by atoms with E-state index >= 15 is 0 Å². The molecule has 100 valence electrons. The van der Waals surface area contributed by atoms with Gasteiger partial charge in [0.25, 0.3) is 5.13 Å². The molecule has 1 atom stereocenters. The first kappa shape index (κ1) is 18.4. The van der Waals surface area contributed by atoms with Crippen LogP contribution in [0.2, 0.25) is 0 Å². The van der Waals surface area contributed by atoms with Crippen molar-refractivity contribution in [3.8, 4) is 0 Å². The van der Waals surface area contributed by atoms with Gasteiger partial charge in [-0.1, -0.05) is 11.6 Å². The summed E-state index contributed by atoms with van der Waals surface area (Å²) < 4.78 is 89.9. The van der Waals surface area contributed by atoms with Crippen LogP contribution in [0.1, 0.15) is 13.8 Å². The molecule has 0 saturated heterocycles. The molecule has 0 bridgehead atoms. The SMILES string of the molecule is CC(F)(Cl)C(F)(F)F.CC(F)(F)C(F)(F)Cl. The monoisotopic (exact) mass is 300 g/mol. The van der Waals surface area contributed by atoms with E-state index in [2.05, 4.69) is 23.2 Å². The van der Waals surface area contributed by atoms with Crippen molar-refractivity contribution < 1.29 is 35.1 Å². The van der Waals surface area contributed by atoms with Crippen molar-refractivity contribution in [2.45, 2.75) is 36.5 Å². The van der Waals surface area contributed by atoms with Crippen molar-refractivity contribution in [2.24, 2.45) is 0 Å². The van der Waals surface area contributed by atoms with Gasteiger partial charge in [0.2, 0.25) is 0 Å². The van der Waals surface area contributed by atoms with E-state index in [1.807, 2.05) is 0 Å². The third-order valence-electron chi connectivity index (χ3n) is 0.996. The van der Waals surface area contributed by atoms with E-state index in [-0.39, 0.29) is 13.8 Å². The van der Waals surface area contributed by atoms with Gasteiger partial charge in [-0.05, 0) is 18.5 Å². The average molecular weight is 301 g/mol. The second-order valence-corrected chi connectivity index (χ2v) is 3.96. The van der Waals surface area contributed by atoms with Gasteiger partial charge in [0.05, 0.1) is 0 Å². The van der Waals surface area contributed by atoms with Gasteiger partial charge in [-0.25, -0.2) is 4.39 Å². The molecule has 16 heavy (non-hydrogen) atoms. The van der Waals surface area contributed by atoms with Crippen LogP contribution in [0.3, 0.4) is 0 Å². The van der Waals surface area contributed by atoms with Gasteiger partial charge in [0.15, 0.2) is 0 Å². The van der Waals surface area contributed by atoms with E-state index in [9.17, 15) is 35.1 Å². The maximum Gasteiger partial charge on any atom is 0.436 e. The number of hydrogen-bond acceptors (Lipinski definition) is 0. The molecule has 0 aliphatic heterocycles. The molecule has 0 amide bonds. The fraction of sp³-hybridized carbons (Fsp3) is 1.00. The quantitative estimate of drug-likeness (QED) is 0.475. The summed E-state index contributed by atoms with van der Waals surface area (Å²) in [5.41, 5.74) is 0. The van der Waals surface area contributed by atoms with Gasteiger partial charge in [-0.15, -0.1) is 0 Å². The summed E-state index contributed by atoms with van der Waals surface area (Å²) in [6, 6.07) is 0. The topological polar surface area (TPSA) is 0 Å². The van der Waals surface area contributed by atoms with E-state index in [0.717, 1.165) is 0 Å². The summed E-state index contributed by atoms with van der Waals surface area (Å²) in [6.45, 7) is 0.300. The number of alkyl halides is 10. The van der Waals surface area contributed by atoms with E-state index in [1.54, 1.807) is 0 Å². The maximum atomic E-state index is 11.5. The lowest BCUT2D eigenvalue weighted by Crippen LogP contribution is -2.31. The summed E-state index contributed by atoms with van der Waals surface area (Å²) >= 11 is 8.14. The van der Waals surface area contributed by atoms with Crippen molar-refractivity contribution in [1.82, 2.24) is 0 Å². The van der Waals surface area contributed by atoms with Gasteiger partial charge in [-0.3, -0.25) is 0 Å². The Morgan fingerprint density at radius 2 is 0.812 bits per heavy atom. The lowest BCUT2D eigenvalue weighted by molar-refractivity contribution is -0.192. The zero-order valence-corrected chi connectivity index (χ0v) is 9.29. The zero-order chi connectivity index (χ0) is 14.0. The van der Waals surface area contributed by atoms with E-state index < -0.39 is 22.6 Å². The molecule has 0 saturated carbocycles. The van der Waals surface area contributed by atoms with Crippen LogP contribution in [0.5, 0.6) is 0 Å². The Morgan fingerprint density at radius 1 is 0.688 bits per heavy atom. The molecule has 0 aromatic carbocycles. The molecule has 0 rings (SSSR count). The van der Waals surface area contributed by atoms with Crippen molar-refractivity contribution >= 4 is 23.2 Å². The first-order valence-electron chi connectivity index (χ1n) is 3.39. The van der Waals surface area contributed by atoms with Crippen LogP contribution >= 0.6 is 23.2 Å². The predicted octanol–water partition coefficient (Wildman–Crippen LogP) is 4.95. The number of halogens is 10. The highest BCUT2D eigenvalue weighted by Gasteiger charge is 2.51. The highest BCUT2D eigenvalue weighted by atomic mass is 35.5. The third-order valence-corrected chi connectivity index (χ3v) is 1.54. The van der Waals surface area contributed by atoms with Gasteiger partial charge < -0.3 is 0 Å². The van der Waals surface area contributed by atoms with Crippen LogP contribution in [-0.2, 0) is 0 Å². The number of rotatable bonds is 1. The van der Waals surface area contributed by atoms with Crippen LogP contribution in [-0.4, -0.2) is 22.6 Å². The van der Waals surface area contributed by atoms with Crippen LogP contribution in [0.4, 0.5) is 35.1 Å². The Labute approximate surface area is 95.5 Å². The average Bonchev–Trinajstić information content (AvgIpc) is 1.77.